The normalized spacial score (nSPS) is 17.1. The van der Waals surface area contributed by atoms with Crippen LogP contribution in [0.15, 0.2) is 42.5 Å². The molecule has 0 bridgehead atoms. The first-order valence-corrected chi connectivity index (χ1v) is 6.43. The average Bonchev–Trinajstić information content (AvgIpc) is 2.38. The quantitative estimate of drug-likeness (QED) is 0.800. The fraction of sp³-hybridized carbons (Fsp3) is 0.467. The number of para-hydroxylation sites is 1. The van der Waals surface area contributed by atoms with Gasteiger partial charge in [0, 0.05) is 31.4 Å². The van der Waals surface area contributed by atoms with Crippen LogP contribution in [0.1, 0.15) is 19.8 Å². The number of benzene rings is 1. The molecule has 1 aliphatic rings. The van der Waals surface area contributed by atoms with Gasteiger partial charge in [-0.15, -0.1) is 0 Å². The lowest BCUT2D eigenvalue weighted by Gasteiger charge is -2.34. The maximum Gasteiger partial charge on any atom is 0.0366 e. The Morgan fingerprint density at radius 1 is 1.29 bits per heavy atom. The molecule has 0 atom stereocenters. The van der Waals surface area contributed by atoms with Crippen LogP contribution in [0.5, 0.6) is 0 Å². The Bertz CT molecular complexity index is 350. The van der Waals surface area contributed by atoms with Crippen molar-refractivity contribution >= 4 is 5.69 Å². The molecule has 2 nitrogen and oxygen atoms in total. The SMILES string of the molecule is C=C(C)CNC1CCN(c2ccccc2)CC1. The Hall–Kier alpha value is -1.28. The zero-order valence-corrected chi connectivity index (χ0v) is 10.7. The van der Waals surface area contributed by atoms with Crippen LogP contribution in [0.4, 0.5) is 5.69 Å². The number of piperidine rings is 1. The molecule has 0 aliphatic carbocycles. The molecule has 1 aromatic carbocycles. The molecule has 0 radical (unpaired) electrons. The molecule has 1 aliphatic heterocycles. The van der Waals surface area contributed by atoms with Crippen LogP contribution in [0.2, 0.25) is 0 Å². The van der Waals surface area contributed by atoms with Crippen molar-refractivity contribution in [1.29, 1.82) is 0 Å². The molecule has 2 heteroatoms. The molecule has 0 amide bonds. The van der Waals surface area contributed by atoms with Crippen molar-refractivity contribution in [1.82, 2.24) is 5.32 Å². The smallest absolute Gasteiger partial charge is 0.0366 e. The fourth-order valence-electron chi connectivity index (χ4n) is 2.30. The van der Waals surface area contributed by atoms with Crippen LogP contribution >= 0.6 is 0 Å². The van der Waals surface area contributed by atoms with Gasteiger partial charge in [-0.2, -0.15) is 0 Å². The molecule has 17 heavy (non-hydrogen) atoms. The average molecular weight is 230 g/mol. The van der Waals surface area contributed by atoms with Crippen molar-refractivity contribution in [3.63, 3.8) is 0 Å². The number of nitrogens with zero attached hydrogens (tertiary/aromatic N) is 1. The van der Waals surface area contributed by atoms with E-state index in [0.717, 1.165) is 19.6 Å². The van der Waals surface area contributed by atoms with Gasteiger partial charge in [0.1, 0.15) is 0 Å². The van der Waals surface area contributed by atoms with E-state index in [-0.39, 0.29) is 0 Å². The second-order valence-electron chi connectivity index (χ2n) is 4.93. The highest BCUT2D eigenvalue weighted by molar-refractivity contribution is 5.46. The fourth-order valence-corrected chi connectivity index (χ4v) is 2.30. The third kappa shape index (κ3) is 3.60. The van der Waals surface area contributed by atoms with Crippen molar-refractivity contribution in [3.05, 3.63) is 42.5 Å². The number of rotatable bonds is 4. The van der Waals surface area contributed by atoms with Gasteiger partial charge in [-0.05, 0) is 31.9 Å². The second kappa shape index (κ2) is 5.87. The van der Waals surface area contributed by atoms with Crippen molar-refractivity contribution in [2.45, 2.75) is 25.8 Å². The summed E-state index contributed by atoms with van der Waals surface area (Å²) >= 11 is 0. The largest absolute Gasteiger partial charge is 0.371 e. The summed E-state index contributed by atoms with van der Waals surface area (Å²) in [7, 11) is 0. The summed E-state index contributed by atoms with van der Waals surface area (Å²) in [5.41, 5.74) is 2.57. The van der Waals surface area contributed by atoms with Gasteiger partial charge in [-0.1, -0.05) is 30.4 Å². The van der Waals surface area contributed by atoms with E-state index >= 15 is 0 Å². The molecule has 0 unspecified atom stereocenters. The minimum absolute atomic E-state index is 0.659. The van der Waals surface area contributed by atoms with Crippen LogP contribution < -0.4 is 10.2 Å². The summed E-state index contributed by atoms with van der Waals surface area (Å²) in [5.74, 6) is 0. The Morgan fingerprint density at radius 3 is 2.53 bits per heavy atom. The van der Waals surface area contributed by atoms with E-state index in [2.05, 4.69) is 54.1 Å². The Balaban J connectivity index is 1.80. The highest BCUT2D eigenvalue weighted by Gasteiger charge is 2.18. The molecule has 1 fully saturated rings. The molecule has 2 rings (SSSR count). The van der Waals surface area contributed by atoms with Crippen LogP contribution in [0.25, 0.3) is 0 Å². The first kappa shape index (κ1) is 12.2. The lowest BCUT2D eigenvalue weighted by Crippen LogP contribution is -2.42. The van der Waals surface area contributed by atoms with Crippen LogP contribution in [-0.4, -0.2) is 25.7 Å². The topological polar surface area (TPSA) is 15.3 Å². The molecular formula is C15H22N2. The minimum atomic E-state index is 0.659. The molecule has 1 N–H and O–H groups in total. The van der Waals surface area contributed by atoms with Crippen molar-refractivity contribution in [2.75, 3.05) is 24.5 Å². The van der Waals surface area contributed by atoms with Gasteiger partial charge in [0.2, 0.25) is 0 Å². The van der Waals surface area contributed by atoms with Gasteiger partial charge >= 0.3 is 0 Å². The van der Waals surface area contributed by atoms with Crippen LogP contribution in [0, 0.1) is 0 Å². The molecule has 92 valence electrons. The zero-order chi connectivity index (χ0) is 12.1. The molecule has 1 aromatic rings. The van der Waals surface area contributed by atoms with E-state index in [1.807, 2.05) is 0 Å². The van der Waals surface area contributed by atoms with Gasteiger partial charge in [-0.25, -0.2) is 0 Å². The third-order valence-corrected chi connectivity index (χ3v) is 3.31. The molecule has 0 saturated carbocycles. The number of hydrogen-bond donors (Lipinski definition) is 1. The first-order valence-electron chi connectivity index (χ1n) is 6.43. The monoisotopic (exact) mass is 230 g/mol. The lowest BCUT2D eigenvalue weighted by molar-refractivity contribution is 0.427. The Morgan fingerprint density at radius 2 is 1.94 bits per heavy atom. The van der Waals surface area contributed by atoms with E-state index < -0.39 is 0 Å². The predicted octanol–water partition coefficient (Wildman–Crippen LogP) is 2.82. The molecular weight excluding hydrogens is 208 g/mol. The van der Waals surface area contributed by atoms with Crippen molar-refractivity contribution < 1.29 is 0 Å². The molecule has 1 saturated heterocycles. The van der Waals surface area contributed by atoms with Gasteiger partial charge in [0.25, 0.3) is 0 Å². The lowest BCUT2D eigenvalue weighted by atomic mass is 10.0. The summed E-state index contributed by atoms with van der Waals surface area (Å²) in [6, 6.07) is 11.3. The summed E-state index contributed by atoms with van der Waals surface area (Å²) < 4.78 is 0. The maximum absolute atomic E-state index is 3.93. The van der Waals surface area contributed by atoms with Crippen LogP contribution in [-0.2, 0) is 0 Å². The number of nitrogens with one attached hydrogen (secondary N) is 1. The molecule has 0 spiro atoms. The highest BCUT2D eigenvalue weighted by Crippen LogP contribution is 2.19. The van der Waals surface area contributed by atoms with E-state index in [0.29, 0.717) is 6.04 Å². The summed E-state index contributed by atoms with van der Waals surface area (Å²) in [6.45, 7) is 9.26. The minimum Gasteiger partial charge on any atom is -0.371 e. The second-order valence-corrected chi connectivity index (χ2v) is 4.93. The van der Waals surface area contributed by atoms with Crippen LogP contribution in [0.3, 0.4) is 0 Å². The number of hydrogen-bond acceptors (Lipinski definition) is 2. The van der Waals surface area contributed by atoms with E-state index in [9.17, 15) is 0 Å². The summed E-state index contributed by atoms with van der Waals surface area (Å²) in [4.78, 5) is 2.47. The third-order valence-electron chi connectivity index (χ3n) is 3.31. The van der Waals surface area contributed by atoms with E-state index in [1.54, 1.807) is 0 Å². The molecule has 1 heterocycles. The maximum atomic E-state index is 3.93. The summed E-state index contributed by atoms with van der Waals surface area (Å²) in [6.07, 6.45) is 2.45. The summed E-state index contributed by atoms with van der Waals surface area (Å²) in [5, 5.41) is 3.57. The Kier molecular flexibility index (Phi) is 4.21. The van der Waals surface area contributed by atoms with Crippen molar-refractivity contribution in [3.8, 4) is 0 Å². The predicted molar refractivity (Wildman–Crippen MR) is 74.5 cm³/mol. The van der Waals surface area contributed by atoms with E-state index in [1.165, 1.54) is 24.1 Å². The highest BCUT2D eigenvalue weighted by atomic mass is 15.1. The number of anilines is 1. The van der Waals surface area contributed by atoms with Gasteiger partial charge in [0.05, 0.1) is 0 Å². The molecule has 0 aromatic heterocycles. The van der Waals surface area contributed by atoms with E-state index in [4.69, 9.17) is 0 Å². The van der Waals surface area contributed by atoms with Crippen molar-refractivity contribution in [2.24, 2.45) is 0 Å². The zero-order valence-electron chi connectivity index (χ0n) is 10.7. The van der Waals surface area contributed by atoms with Gasteiger partial charge in [0.15, 0.2) is 0 Å². The van der Waals surface area contributed by atoms with Gasteiger partial charge < -0.3 is 10.2 Å². The standard InChI is InChI=1S/C15H22N2/c1-13(2)12-16-14-8-10-17(11-9-14)15-6-4-3-5-7-15/h3-7,14,16H,1,8-12H2,2H3. The Labute approximate surface area is 104 Å². The van der Waals surface area contributed by atoms with Gasteiger partial charge in [-0.3, -0.25) is 0 Å². The first-order chi connectivity index (χ1) is 8.25.